The molecule has 0 aliphatic rings. The number of anilines is 1. The molecule has 0 aliphatic carbocycles. The Morgan fingerprint density at radius 2 is 2.04 bits per heavy atom. The molecule has 7 nitrogen and oxygen atoms in total. The minimum atomic E-state index is -1.08. The van der Waals surface area contributed by atoms with Crippen LogP contribution in [0.2, 0.25) is 0 Å². The van der Waals surface area contributed by atoms with E-state index in [1.807, 2.05) is 6.07 Å². The molecule has 0 saturated heterocycles. The van der Waals surface area contributed by atoms with Gasteiger partial charge in [0.15, 0.2) is 5.13 Å². The number of aromatic nitrogens is 2. The quantitative estimate of drug-likeness (QED) is 0.736. The summed E-state index contributed by atoms with van der Waals surface area (Å²) < 4.78 is 0. The topological polar surface area (TPSA) is 116 Å². The second-order valence-electron chi connectivity index (χ2n) is 4.07. The lowest BCUT2D eigenvalue weighted by Gasteiger charge is -1.97. The Kier molecular flexibility index (Phi) is 4.16. The van der Waals surface area contributed by atoms with Gasteiger partial charge in [0, 0.05) is 11.6 Å². The van der Waals surface area contributed by atoms with Crippen molar-refractivity contribution in [3.8, 4) is 16.8 Å². The predicted octanol–water partition coefficient (Wildman–Crippen LogP) is 3.15. The summed E-state index contributed by atoms with van der Waals surface area (Å²) in [5.41, 5.74) is 0.431. The number of nitrogens with one attached hydrogen (secondary N) is 1. The molecule has 3 heterocycles. The minimum Gasteiger partial charge on any atom is -0.477 e. The molecule has 0 aromatic carbocycles. The highest BCUT2D eigenvalue weighted by atomic mass is 32.1. The van der Waals surface area contributed by atoms with E-state index in [4.69, 9.17) is 10.4 Å². The lowest BCUT2D eigenvalue weighted by atomic mass is 10.4. The van der Waals surface area contributed by atoms with Crippen LogP contribution in [0.15, 0.2) is 23.7 Å². The number of nitriles is 1. The van der Waals surface area contributed by atoms with Gasteiger partial charge in [0.1, 0.15) is 26.5 Å². The molecule has 3 aromatic rings. The van der Waals surface area contributed by atoms with Crippen molar-refractivity contribution in [3.05, 3.63) is 38.3 Å². The average molecular weight is 362 g/mol. The number of carboxylic acid groups (broad SMARTS) is 1. The molecule has 3 rings (SSSR count). The fraction of sp³-hybridized carbons (Fsp3) is 0. The lowest BCUT2D eigenvalue weighted by Crippen LogP contribution is -2.09. The standard InChI is InChI=1S/C13H6N4O3S3/c14-5-8-9(11-15-3-4-21-11)16-13(23-8)17-10(18)6-1-2-7(22-6)12(19)20/h1-4H,(H,19,20)(H,16,17,18). The van der Waals surface area contributed by atoms with Crippen LogP contribution < -0.4 is 5.32 Å². The van der Waals surface area contributed by atoms with Crippen LogP contribution in [0, 0.1) is 11.3 Å². The zero-order chi connectivity index (χ0) is 16.4. The first kappa shape index (κ1) is 15.3. The average Bonchev–Trinajstić information content (AvgIpc) is 3.26. The Labute approximate surface area is 141 Å². The van der Waals surface area contributed by atoms with E-state index >= 15 is 0 Å². The maximum Gasteiger partial charge on any atom is 0.345 e. The number of carbonyl (C=O) groups is 2. The highest BCUT2D eigenvalue weighted by molar-refractivity contribution is 7.18. The molecule has 0 atom stereocenters. The maximum absolute atomic E-state index is 12.1. The van der Waals surface area contributed by atoms with Crippen LogP contribution in [0.5, 0.6) is 0 Å². The van der Waals surface area contributed by atoms with Crippen LogP contribution in [0.3, 0.4) is 0 Å². The molecule has 0 bridgehead atoms. The first-order valence-electron chi connectivity index (χ1n) is 6.03. The van der Waals surface area contributed by atoms with Crippen LogP contribution in [-0.2, 0) is 0 Å². The lowest BCUT2D eigenvalue weighted by molar-refractivity contribution is 0.0702. The van der Waals surface area contributed by atoms with Crippen molar-refractivity contribution in [2.45, 2.75) is 0 Å². The Hall–Kier alpha value is -2.61. The summed E-state index contributed by atoms with van der Waals surface area (Å²) in [4.78, 5) is 32.0. The zero-order valence-electron chi connectivity index (χ0n) is 11.1. The summed E-state index contributed by atoms with van der Waals surface area (Å²) in [6.45, 7) is 0. The van der Waals surface area contributed by atoms with Crippen LogP contribution in [0.1, 0.15) is 24.2 Å². The van der Waals surface area contributed by atoms with Crippen LogP contribution in [0.4, 0.5) is 5.13 Å². The van der Waals surface area contributed by atoms with E-state index in [-0.39, 0.29) is 14.9 Å². The Morgan fingerprint density at radius 1 is 1.26 bits per heavy atom. The number of carbonyl (C=O) groups excluding carboxylic acids is 1. The number of thiophene rings is 1. The van der Waals surface area contributed by atoms with Crippen molar-refractivity contribution in [1.82, 2.24) is 9.97 Å². The molecule has 0 radical (unpaired) electrons. The Morgan fingerprint density at radius 3 is 2.65 bits per heavy atom. The molecule has 1 amide bonds. The first-order valence-corrected chi connectivity index (χ1v) is 8.55. The molecular weight excluding hydrogens is 356 g/mol. The number of thiazole rings is 2. The maximum atomic E-state index is 12.1. The Bertz CT molecular complexity index is 921. The highest BCUT2D eigenvalue weighted by Gasteiger charge is 2.18. The largest absolute Gasteiger partial charge is 0.477 e. The second-order valence-corrected chi connectivity index (χ2v) is 7.05. The van der Waals surface area contributed by atoms with Crippen molar-refractivity contribution in [2.24, 2.45) is 0 Å². The molecule has 10 heteroatoms. The number of amides is 1. The summed E-state index contributed by atoms with van der Waals surface area (Å²) in [7, 11) is 0. The number of rotatable bonds is 4. The van der Waals surface area contributed by atoms with Gasteiger partial charge in [0.25, 0.3) is 5.91 Å². The minimum absolute atomic E-state index is 0.0791. The molecular formula is C13H6N4O3S3. The molecule has 0 spiro atoms. The van der Waals surface area contributed by atoms with Gasteiger partial charge in [-0.15, -0.1) is 22.7 Å². The van der Waals surface area contributed by atoms with Crippen molar-refractivity contribution in [3.63, 3.8) is 0 Å². The number of carboxylic acids is 1. The number of hydrogen-bond donors (Lipinski definition) is 2. The van der Waals surface area contributed by atoms with Gasteiger partial charge in [-0.05, 0) is 12.1 Å². The van der Waals surface area contributed by atoms with Crippen molar-refractivity contribution in [1.29, 1.82) is 5.26 Å². The van der Waals surface area contributed by atoms with Gasteiger partial charge < -0.3 is 5.11 Å². The van der Waals surface area contributed by atoms with Crippen molar-refractivity contribution < 1.29 is 14.7 Å². The van der Waals surface area contributed by atoms with Gasteiger partial charge in [-0.3, -0.25) is 10.1 Å². The van der Waals surface area contributed by atoms with Gasteiger partial charge in [-0.1, -0.05) is 11.3 Å². The van der Waals surface area contributed by atoms with Crippen molar-refractivity contribution in [2.75, 3.05) is 5.32 Å². The van der Waals surface area contributed by atoms with E-state index in [0.717, 1.165) is 22.7 Å². The van der Waals surface area contributed by atoms with Gasteiger partial charge in [-0.25, -0.2) is 14.8 Å². The molecule has 23 heavy (non-hydrogen) atoms. The van der Waals surface area contributed by atoms with E-state index < -0.39 is 11.9 Å². The molecule has 0 aliphatic heterocycles. The van der Waals surface area contributed by atoms with E-state index in [2.05, 4.69) is 15.3 Å². The third-order valence-electron chi connectivity index (χ3n) is 2.62. The summed E-state index contributed by atoms with van der Waals surface area (Å²) >= 11 is 3.26. The highest BCUT2D eigenvalue weighted by Crippen LogP contribution is 2.32. The normalized spacial score (nSPS) is 10.2. The van der Waals surface area contributed by atoms with Crippen molar-refractivity contribution >= 4 is 51.0 Å². The molecule has 0 saturated carbocycles. The first-order chi connectivity index (χ1) is 11.1. The second kappa shape index (κ2) is 6.25. The summed E-state index contributed by atoms with van der Waals surface area (Å²) in [6.07, 6.45) is 1.61. The number of hydrogen-bond acceptors (Lipinski definition) is 8. The number of aromatic carboxylic acids is 1. The Balaban J connectivity index is 1.84. The van der Waals surface area contributed by atoms with E-state index in [1.165, 1.54) is 23.5 Å². The molecule has 0 fully saturated rings. The fourth-order valence-electron chi connectivity index (χ4n) is 1.67. The smallest absolute Gasteiger partial charge is 0.345 e. The third kappa shape index (κ3) is 3.11. The SMILES string of the molecule is N#Cc1sc(NC(=O)c2ccc(C(=O)O)s2)nc1-c1nccs1. The van der Waals surface area contributed by atoms with Crippen LogP contribution in [-0.4, -0.2) is 27.0 Å². The van der Waals surface area contributed by atoms with E-state index in [0.29, 0.717) is 15.6 Å². The fourth-order valence-corrected chi connectivity index (χ4v) is 3.86. The third-order valence-corrected chi connectivity index (χ3v) is 5.35. The molecule has 114 valence electrons. The van der Waals surface area contributed by atoms with E-state index in [9.17, 15) is 9.59 Å². The summed E-state index contributed by atoms with van der Waals surface area (Å²) in [5, 5.41) is 23.3. The van der Waals surface area contributed by atoms with Gasteiger partial charge in [0.05, 0.1) is 4.88 Å². The van der Waals surface area contributed by atoms with E-state index in [1.54, 1.807) is 11.6 Å². The monoisotopic (exact) mass is 362 g/mol. The summed E-state index contributed by atoms with van der Waals surface area (Å²) in [6, 6.07) is 4.83. The van der Waals surface area contributed by atoms with Crippen LogP contribution in [0.25, 0.3) is 10.7 Å². The summed E-state index contributed by atoms with van der Waals surface area (Å²) in [5.74, 6) is -1.55. The van der Waals surface area contributed by atoms with Crippen LogP contribution >= 0.6 is 34.0 Å². The molecule has 2 N–H and O–H groups in total. The number of nitrogens with zero attached hydrogens (tertiary/aromatic N) is 3. The predicted molar refractivity (Wildman–Crippen MR) is 87.2 cm³/mol. The van der Waals surface area contributed by atoms with Gasteiger partial charge in [0.2, 0.25) is 0 Å². The molecule has 0 unspecified atom stereocenters. The van der Waals surface area contributed by atoms with Gasteiger partial charge in [-0.2, -0.15) is 5.26 Å². The molecule has 3 aromatic heterocycles. The zero-order valence-corrected chi connectivity index (χ0v) is 13.6. The van der Waals surface area contributed by atoms with Gasteiger partial charge >= 0.3 is 5.97 Å².